The fourth-order valence-corrected chi connectivity index (χ4v) is 4.65. The molecule has 2 unspecified atom stereocenters. The van der Waals surface area contributed by atoms with E-state index in [0.717, 1.165) is 24.1 Å². The minimum Gasteiger partial charge on any atom is -0.459 e. The molecule has 0 saturated heterocycles. The van der Waals surface area contributed by atoms with Gasteiger partial charge >= 0.3 is 5.97 Å². The second kappa shape index (κ2) is 6.75. The largest absolute Gasteiger partial charge is 0.459 e. The molecule has 0 radical (unpaired) electrons. The summed E-state index contributed by atoms with van der Waals surface area (Å²) in [7, 11) is 0. The molecule has 2 aliphatic rings. The first kappa shape index (κ1) is 16.5. The molecule has 2 aliphatic carbocycles. The number of carbonyl (C=O) groups excluding carboxylic acids is 2. The molecule has 4 rings (SSSR count). The molecule has 132 valence electrons. The number of rotatable bonds is 4. The highest BCUT2D eigenvalue weighted by molar-refractivity contribution is 7.13. The molecule has 2 saturated carbocycles. The van der Waals surface area contributed by atoms with Crippen molar-refractivity contribution >= 4 is 23.1 Å². The van der Waals surface area contributed by atoms with Crippen LogP contribution >= 0.6 is 11.3 Å². The third kappa shape index (κ3) is 3.27. The van der Waals surface area contributed by atoms with E-state index in [1.165, 1.54) is 0 Å². The summed E-state index contributed by atoms with van der Waals surface area (Å²) in [5.74, 6) is 1.36. The maximum Gasteiger partial charge on any atom is 0.309 e. The van der Waals surface area contributed by atoms with Crippen LogP contribution in [0.15, 0.2) is 21.9 Å². The smallest absolute Gasteiger partial charge is 0.309 e. The molecule has 2 fully saturated rings. The van der Waals surface area contributed by atoms with Crippen molar-refractivity contribution in [3.05, 3.63) is 29.0 Å². The van der Waals surface area contributed by atoms with Crippen molar-refractivity contribution in [2.45, 2.75) is 45.6 Å². The minimum absolute atomic E-state index is 0.0595. The Kier molecular flexibility index (Phi) is 4.46. The van der Waals surface area contributed by atoms with Crippen LogP contribution in [0, 0.1) is 24.7 Å². The first-order valence-electron chi connectivity index (χ1n) is 8.82. The normalized spacial score (nSPS) is 25.8. The Balaban J connectivity index is 1.38. The number of fused-ring (bicyclic) bond motifs is 2. The average molecular weight is 359 g/mol. The van der Waals surface area contributed by atoms with E-state index >= 15 is 0 Å². The molecular weight excluding hydrogens is 338 g/mol. The number of aromatic nitrogens is 1. The highest BCUT2D eigenvalue weighted by Gasteiger charge is 2.41. The number of thiophene rings is 1. The van der Waals surface area contributed by atoms with Crippen LogP contribution in [-0.4, -0.2) is 16.7 Å². The summed E-state index contributed by atoms with van der Waals surface area (Å²) in [6.07, 6.45) is 4.24. The predicted octanol–water partition coefficient (Wildman–Crippen LogP) is 4.15. The van der Waals surface area contributed by atoms with Crippen LogP contribution in [0.2, 0.25) is 0 Å². The number of oxazole rings is 1. The highest BCUT2D eigenvalue weighted by atomic mass is 32.1. The van der Waals surface area contributed by atoms with Crippen molar-refractivity contribution in [2.24, 2.45) is 17.8 Å². The van der Waals surface area contributed by atoms with E-state index in [9.17, 15) is 9.59 Å². The molecule has 2 bridgehead atoms. The number of aryl methyl sites for hydroxylation is 1. The topological polar surface area (TPSA) is 69.4 Å². The summed E-state index contributed by atoms with van der Waals surface area (Å²) in [6, 6.07) is 3.89. The van der Waals surface area contributed by atoms with Crippen molar-refractivity contribution in [1.29, 1.82) is 0 Å². The molecule has 0 amide bonds. The maximum absolute atomic E-state index is 12.5. The number of hydrogen-bond acceptors (Lipinski definition) is 6. The molecule has 0 N–H and O–H groups in total. The van der Waals surface area contributed by atoms with E-state index < -0.39 is 0 Å². The number of ketones is 1. The van der Waals surface area contributed by atoms with Gasteiger partial charge in [0.2, 0.25) is 5.89 Å². The van der Waals surface area contributed by atoms with E-state index in [4.69, 9.17) is 9.15 Å². The molecule has 0 aromatic carbocycles. The lowest BCUT2D eigenvalue weighted by Gasteiger charge is -2.36. The van der Waals surface area contributed by atoms with Gasteiger partial charge in [-0.05, 0) is 44.1 Å². The molecule has 6 heteroatoms. The van der Waals surface area contributed by atoms with Gasteiger partial charge in [0.15, 0.2) is 0 Å². The zero-order chi connectivity index (χ0) is 17.4. The third-order valence-corrected chi connectivity index (χ3v) is 6.21. The van der Waals surface area contributed by atoms with Crippen LogP contribution in [0.25, 0.3) is 10.8 Å². The van der Waals surface area contributed by atoms with Crippen molar-refractivity contribution in [3.8, 4) is 10.8 Å². The van der Waals surface area contributed by atoms with Crippen molar-refractivity contribution in [2.75, 3.05) is 0 Å². The lowest BCUT2D eigenvalue weighted by atomic mass is 9.67. The summed E-state index contributed by atoms with van der Waals surface area (Å²) in [5, 5.41) is 1.97. The molecule has 2 aromatic rings. The van der Waals surface area contributed by atoms with Crippen molar-refractivity contribution in [3.63, 3.8) is 0 Å². The van der Waals surface area contributed by atoms with Crippen molar-refractivity contribution < 1.29 is 18.7 Å². The number of hydrogen-bond donors (Lipinski definition) is 0. The Labute approximate surface area is 150 Å². The Bertz CT molecular complexity index is 763. The summed E-state index contributed by atoms with van der Waals surface area (Å²) >= 11 is 1.56. The second-order valence-electron chi connectivity index (χ2n) is 7.00. The Morgan fingerprint density at radius 1 is 1.36 bits per heavy atom. The molecule has 0 spiro atoms. The fraction of sp³-hybridized carbons (Fsp3) is 0.526. The minimum atomic E-state index is -0.204. The molecular formula is C19H21NO4S. The van der Waals surface area contributed by atoms with E-state index in [1.54, 1.807) is 11.3 Å². The van der Waals surface area contributed by atoms with E-state index in [0.29, 0.717) is 36.0 Å². The second-order valence-corrected chi connectivity index (χ2v) is 7.95. The van der Waals surface area contributed by atoms with Gasteiger partial charge in [-0.15, -0.1) is 11.3 Å². The van der Waals surface area contributed by atoms with Crippen LogP contribution in [-0.2, 0) is 20.9 Å². The monoisotopic (exact) mass is 359 g/mol. The number of carbonyl (C=O) groups is 2. The summed E-state index contributed by atoms with van der Waals surface area (Å²) in [6.45, 7) is 1.95. The van der Waals surface area contributed by atoms with Crippen LogP contribution in [0.3, 0.4) is 0 Å². The molecule has 0 aliphatic heterocycles. The number of ether oxygens (including phenoxy) is 1. The fourth-order valence-electron chi connectivity index (χ4n) is 4.00. The average Bonchev–Trinajstić information content (AvgIpc) is 3.22. The van der Waals surface area contributed by atoms with Crippen LogP contribution in [0.5, 0.6) is 0 Å². The van der Waals surface area contributed by atoms with E-state index in [-0.39, 0.29) is 30.3 Å². The zero-order valence-corrected chi connectivity index (χ0v) is 15.0. The van der Waals surface area contributed by atoms with Gasteiger partial charge in [0.25, 0.3) is 0 Å². The Hall–Kier alpha value is -1.95. The van der Waals surface area contributed by atoms with Gasteiger partial charge < -0.3 is 9.15 Å². The maximum atomic E-state index is 12.5. The van der Waals surface area contributed by atoms with Crippen LogP contribution < -0.4 is 0 Å². The third-order valence-electron chi connectivity index (χ3n) is 5.36. The van der Waals surface area contributed by atoms with Gasteiger partial charge in [0.1, 0.15) is 23.8 Å². The zero-order valence-electron chi connectivity index (χ0n) is 14.2. The lowest BCUT2D eigenvalue weighted by molar-refractivity contribution is -0.154. The Morgan fingerprint density at radius 3 is 2.80 bits per heavy atom. The standard InChI is InChI=1S/C19H21NO4S/c1-11-15(20-18(24-11)16-6-3-7-25-16)10-23-19(22)14-8-12-4-2-5-13(9-14)17(12)21/h3,6-7,12-14H,2,4-5,8-10H2,1H3. The summed E-state index contributed by atoms with van der Waals surface area (Å²) < 4.78 is 11.2. The predicted molar refractivity (Wildman–Crippen MR) is 92.9 cm³/mol. The lowest BCUT2D eigenvalue weighted by Crippen LogP contribution is -2.39. The molecule has 2 aromatic heterocycles. The van der Waals surface area contributed by atoms with E-state index in [2.05, 4.69) is 4.98 Å². The summed E-state index contributed by atoms with van der Waals surface area (Å²) in [5.41, 5.74) is 0.656. The van der Waals surface area contributed by atoms with Crippen LogP contribution in [0.1, 0.15) is 43.6 Å². The van der Waals surface area contributed by atoms with Gasteiger partial charge in [-0.1, -0.05) is 12.5 Å². The highest BCUT2D eigenvalue weighted by Crippen LogP contribution is 2.40. The van der Waals surface area contributed by atoms with Crippen LogP contribution in [0.4, 0.5) is 0 Å². The molecule has 2 atom stereocenters. The van der Waals surface area contributed by atoms with E-state index in [1.807, 2.05) is 24.4 Å². The molecule has 5 nitrogen and oxygen atoms in total. The first-order chi connectivity index (χ1) is 12.1. The number of esters is 1. The van der Waals surface area contributed by atoms with Gasteiger partial charge in [0, 0.05) is 11.8 Å². The quantitative estimate of drug-likeness (QED) is 0.767. The van der Waals surface area contributed by atoms with Gasteiger partial charge in [-0.3, -0.25) is 9.59 Å². The van der Waals surface area contributed by atoms with Gasteiger partial charge in [0.05, 0.1) is 10.8 Å². The van der Waals surface area contributed by atoms with Gasteiger partial charge in [-0.2, -0.15) is 0 Å². The van der Waals surface area contributed by atoms with Gasteiger partial charge in [-0.25, -0.2) is 4.98 Å². The molecule has 25 heavy (non-hydrogen) atoms. The number of nitrogens with zero attached hydrogens (tertiary/aromatic N) is 1. The SMILES string of the molecule is Cc1oc(-c2cccs2)nc1COC(=O)C1CC2CCCC(C1)C2=O. The van der Waals surface area contributed by atoms with Crippen molar-refractivity contribution in [1.82, 2.24) is 4.98 Å². The Morgan fingerprint density at radius 2 is 2.12 bits per heavy atom. The molecule has 2 heterocycles. The first-order valence-corrected chi connectivity index (χ1v) is 9.70. The summed E-state index contributed by atoms with van der Waals surface area (Å²) in [4.78, 5) is 30.0. The number of Topliss-reactive ketones (excluding diaryl/α,β-unsaturated/α-hetero) is 1.